The number of nitrogens with one attached hydrogen (secondary N) is 1. The molecule has 0 radical (unpaired) electrons. The highest BCUT2D eigenvalue weighted by Gasteiger charge is 2.15. The van der Waals surface area contributed by atoms with Crippen LogP contribution in [0.25, 0.3) is 0 Å². The Morgan fingerprint density at radius 3 is 2.96 bits per heavy atom. The Kier molecular flexibility index (Phi) is 6.59. The lowest BCUT2D eigenvalue weighted by molar-refractivity contribution is -0.120. The zero-order chi connectivity index (χ0) is 17.3. The standard InChI is InChI=1S/C19H24N2O4/c22-19(20-8-6-16-7-9-23-12-16)11-17-10-18(25-21-17)14-24-13-15-4-2-1-3-5-15/h1-5,10,16H,6-9,11-14H2,(H,20,22). The third-order valence-corrected chi connectivity index (χ3v) is 4.20. The highest BCUT2D eigenvalue weighted by atomic mass is 16.5. The van der Waals surface area contributed by atoms with E-state index in [1.165, 1.54) is 0 Å². The van der Waals surface area contributed by atoms with Gasteiger partial charge in [-0.15, -0.1) is 0 Å². The van der Waals surface area contributed by atoms with Crippen LogP contribution in [0.2, 0.25) is 0 Å². The van der Waals surface area contributed by atoms with E-state index in [1.807, 2.05) is 30.3 Å². The fraction of sp³-hybridized carbons (Fsp3) is 0.474. The van der Waals surface area contributed by atoms with E-state index in [0.717, 1.165) is 31.6 Å². The Morgan fingerprint density at radius 2 is 2.16 bits per heavy atom. The molecule has 0 spiro atoms. The third-order valence-electron chi connectivity index (χ3n) is 4.20. The number of ether oxygens (including phenoxy) is 2. The lowest BCUT2D eigenvalue weighted by Gasteiger charge is -2.07. The summed E-state index contributed by atoms with van der Waals surface area (Å²) in [5.74, 6) is 1.16. The summed E-state index contributed by atoms with van der Waals surface area (Å²) in [5, 5.41) is 6.86. The molecule has 0 saturated carbocycles. The summed E-state index contributed by atoms with van der Waals surface area (Å²) in [6, 6.07) is 11.7. The van der Waals surface area contributed by atoms with E-state index in [2.05, 4.69) is 10.5 Å². The summed E-state index contributed by atoms with van der Waals surface area (Å²) in [7, 11) is 0. The molecule has 6 heteroatoms. The molecule has 1 fully saturated rings. The molecule has 1 aromatic heterocycles. The van der Waals surface area contributed by atoms with Crippen LogP contribution in [0.4, 0.5) is 0 Å². The number of amides is 1. The van der Waals surface area contributed by atoms with Crippen molar-refractivity contribution in [2.75, 3.05) is 19.8 Å². The van der Waals surface area contributed by atoms with Gasteiger partial charge in [-0.1, -0.05) is 35.5 Å². The second-order valence-corrected chi connectivity index (χ2v) is 6.31. The van der Waals surface area contributed by atoms with Crippen molar-refractivity contribution in [1.29, 1.82) is 0 Å². The monoisotopic (exact) mass is 344 g/mol. The first kappa shape index (κ1) is 17.6. The lowest BCUT2D eigenvalue weighted by Crippen LogP contribution is -2.27. The van der Waals surface area contributed by atoms with Crippen molar-refractivity contribution >= 4 is 5.91 Å². The van der Waals surface area contributed by atoms with E-state index in [1.54, 1.807) is 6.07 Å². The minimum absolute atomic E-state index is 0.0380. The molecule has 6 nitrogen and oxygen atoms in total. The third kappa shape index (κ3) is 5.99. The number of hydrogen-bond donors (Lipinski definition) is 1. The van der Waals surface area contributed by atoms with Gasteiger partial charge in [-0.2, -0.15) is 0 Å². The zero-order valence-corrected chi connectivity index (χ0v) is 14.3. The minimum Gasteiger partial charge on any atom is -0.381 e. The van der Waals surface area contributed by atoms with Gasteiger partial charge in [-0.3, -0.25) is 4.79 Å². The molecule has 2 aromatic rings. The van der Waals surface area contributed by atoms with Gasteiger partial charge in [0.2, 0.25) is 5.91 Å². The fourth-order valence-corrected chi connectivity index (χ4v) is 2.80. The summed E-state index contributed by atoms with van der Waals surface area (Å²) in [5.41, 5.74) is 1.73. The molecular formula is C19H24N2O4. The van der Waals surface area contributed by atoms with Crippen molar-refractivity contribution in [2.24, 2.45) is 5.92 Å². The largest absolute Gasteiger partial charge is 0.381 e. The number of benzene rings is 1. The van der Waals surface area contributed by atoms with Gasteiger partial charge >= 0.3 is 0 Å². The van der Waals surface area contributed by atoms with Crippen LogP contribution >= 0.6 is 0 Å². The van der Waals surface area contributed by atoms with Gasteiger partial charge in [0, 0.05) is 25.8 Å². The number of carbonyl (C=O) groups excluding carboxylic acids is 1. The minimum atomic E-state index is -0.0380. The molecule has 1 unspecified atom stereocenters. The van der Waals surface area contributed by atoms with Crippen molar-refractivity contribution < 1.29 is 18.8 Å². The molecule has 1 saturated heterocycles. The van der Waals surface area contributed by atoms with Crippen LogP contribution in [0.5, 0.6) is 0 Å². The van der Waals surface area contributed by atoms with Crippen LogP contribution < -0.4 is 5.32 Å². The first-order valence-corrected chi connectivity index (χ1v) is 8.70. The van der Waals surface area contributed by atoms with Crippen molar-refractivity contribution in [1.82, 2.24) is 10.5 Å². The topological polar surface area (TPSA) is 73.6 Å². The first-order valence-electron chi connectivity index (χ1n) is 8.70. The quantitative estimate of drug-likeness (QED) is 0.756. The normalized spacial score (nSPS) is 16.9. The van der Waals surface area contributed by atoms with Crippen LogP contribution in [0.15, 0.2) is 40.9 Å². The van der Waals surface area contributed by atoms with Crippen LogP contribution in [0.1, 0.15) is 29.9 Å². The molecular weight excluding hydrogens is 320 g/mol. The molecule has 0 bridgehead atoms. The predicted octanol–water partition coefficient (Wildman–Crippen LogP) is 2.48. The number of carbonyl (C=O) groups is 1. The van der Waals surface area contributed by atoms with E-state index in [9.17, 15) is 4.79 Å². The molecule has 25 heavy (non-hydrogen) atoms. The Hall–Kier alpha value is -2.18. The Balaban J connectivity index is 1.33. The van der Waals surface area contributed by atoms with Crippen molar-refractivity contribution in [3.63, 3.8) is 0 Å². The summed E-state index contributed by atoms with van der Waals surface area (Å²) in [4.78, 5) is 11.9. The van der Waals surface area contributed by atoms with E-state index in [-0.39, 0.29) is 12.3 Å². The highest BCUT2D eigenvalue weighted by Crippen LogP contribution is 2.15. The van der Waals surface area contributed by atoms with Gasteiger partial charge < -0.3 is 19.3 Å². The summed E-state index contributed by atoms with van der Waals surface area (Å²) < 4.78 is 16.1. The molecule has 134 valence electrons. The van der Waals surface area contributed by atoms with E-state index < -0.39 is 0 Å². The lowest BCUT2D eigenvalue weighted by atomic mass is 10.1. The van der Waals surface area contributed by atoms with Gasteiger partial charge in [0.05, 0.1) is 18.7 Å². The van der Waals surface area contributed by atoms with Crippen molar-refractivity contribution in [2.45, 2.75) is 32.5 Å². The number of hydrogen-bond acceptors (Lipinski definition) is 5. The second-order valence-electron chi connectivity index (χ2n) is 6.31. The Bertz CT molecular complexity index is 650. The maximum atomic E-state index is 11.9. The number of aromatic nitrogens is 1. The summed E-state index contributed by atoms with van der Waals surface area (Å²) in [6.07, 6.45) is 2.28. The maximum absolute atomic E-state index is 11.9. The molecule has 3 rings (SSSR count). The highest BCUT2D eigenvalue weighted by molar-refractivity contribution is 5.78. The second kappa shape index (κ2) is 9.34. The smallest absolute Gasteiger partial charge is 0.226 e. The molecule has 1 N–H and O–H groups in total. The van der Waals surface area contributed by atoms with Crippen LogP contribution in [0.3, 0.4) is 0 Å². The Labute approximate surface area is 147 Å². The van der Waals surface area contributed by atoms with Crippen LogP contribution in [0, 0.1) is 5.92 Å². The van der Waals surface area contributed by atoms with Crippen LogP contribution in [-0.4, -0.2) is 30.8 Å². The molecule has 0 aliphatic carbocycles. The molecule has 1 atom stereocenters. The maximum Gasteiger partial charge on any atom is 0.226 e. The number of rotatable bonds is 9. The van der Waals surface area contributed by atoms with Gasteiger partial charge in [0.25, 0.3) is 0 Å². The van der Waals surface area contributed by atoms with Gasteiger partial charge in [0.15, 0.2) is 5.76 Å². The van der Waals surface area contributed by atoms with E-state index in [4.69, 9.17) is 14.0 Å². The van der Waals surface area contributed by atoms with Gasteiger partial charge in [0.1, 0.15) is 6.61 Å². The number of nitrogens with zero attached hydrogens (tertiary/aromatic N) is 1. The predicted molar refractivity (Wildman–Crippen MR) is 91.7 cm³/mol. The molecule has 2 heterocycles. The molecule has 1 amide bonds. The molecule has 1 aromatic carbocycles. The fourth-order valence-electron chi connectivity index (χ4n) is 2.80. The zero-order valence-electron chi connectivity index (χ0n) is 14.3. The molecule has 1 aliphatic rings. The summed E-state index contributed by atoms with van der Waals surface area (Å²) >= 11 is 0. The van der Waals surface area contributed by atoms with Crippen molar-refractivity contribution in [3.05, 3.63) is 53.4 Å². The SMILES string of the molecule is O=C(Cc1cc(COCc2ccccc2)on1)NCCC1CCOC1. The summed E-state index contributed by atoms with van der Waals surface area (Å²) in [6.45, 7) is 3.18. The van der Waals surface area contributed by atoms with Gasteiger partial charge in [-0.05, 0) is 24.3 Å². The Morgan fingerprint density at radius 1 is 1.28 bits per heavy atom. The van der Waals surface area contributed by atoms with Crippen LogP contribution in [-0.2, 0) is 33.9 Å². The molecule has 1 aliphatic heterocycles. The average molecular weight is 344 g/mol. The van der Waals surface area contributed by atoms with Gasteiger partial charge in [-0.25, -0.2) is 0 Å². The van der Waals surface area contributed by atoms with E-state index in [0.29, 0.717) is 37.1 Å². The average Bonchev–Trinajstić information content (AvgIpc) is 3.28. The van der Waals surface area contributed by atoms with Crippen molar-refractivity contribution in [3.8, 4) is 0 Å². The first-order chi connectivity index (χ1) is 12.3. The van der Waals surface area contributed by atoms with E-state index >= 15 is 0 Å².